The van der Waals surface area contributed by atoms with E-state index in [1.54, 1.807) is 11.3 Å². The molecule has 0 bridgehead atoms. The highest BCUT2D eigenvalue weighted by molar-refractivity contribution is 7.13. The molecule has 1 aliphatic heterocycles. The molecule has 1 N–H and O–H groups in total. The molecule has 0 saturated carbocycles. The molecule has 0 aliphatic carbocycles. The van der Waals surface area contributed by atoms with E-state index < -0.39 is 0 Å². The molecule has 1 saturated heterocycles. The molecule has 1 fully saturated rings. The van der Waals surface area contributed by atoms with Crippen LogP contribution in [0.25, 0.3) is 0 Å². The summed E-state index contributed by atoms with van der Waals surface area (Å²) in [5.41, 5.74) is 2.27. The Balaban J connectivity index is 1.42. The average Bonchev–Trinajstić information content (AvgIpc) is 3.33. The van der Waals surface area contributed by atoms with Crippen LogP contribution in [0.2, 0.25) is 0 Å². The van der Waals surface area contributed by atoms with E-state index >= 15 is 0 Å². The summed E-state index contributed by atoms with van der Waals surface area (Å²) in [5, 5.41) is 6.57. The van der Waals surface area contributed by atoms with Crippen LogP contribution in [0.4, 0.5) is 5.13 Å². The molecule has 0 amide bonds. The number of aliphatic imine (C=N–C) groups is 1. The summed E-state index contributed by atoms with van der Waals surface area (Å²) in [7, 11) is 5.87. The number of thiazole rings is 1. The van der Waals surface area contributed by atoms with Crippen LogP contribution >= 0.6 is 11.3 Å². The zero-order chi connectivity index (χ0) is 19.1. The highest BCUT2D eigenvalue weighted by Crippen LogP contribution is 2.19. The van der Waals surface area contributed by atoms with Gasteiger partial charge in [-0.3, -0.25) is 4.99 Å². The maximum atomic E-state index is 5.92. The summed E-state index contributed by atoms with van der Waals surface area (Å²) in [6.07, 6.45) is 1.14. The third kappa shape index (κ3) is 5.68. The van der Waals surface area contributed by atoms with Crippen LogP contribution < -0.4 is 10.2 Å². The predicted octanol–water partition coefficient (Wildman–Crippen LogP) is 2.82. The van der Waals surface area contributed by atoms with Crippen molar-refractivity contribution >= 4 is 22.4 Å². The Labute approximate surface area is 165 Å². The molecule has 2 heterocycles. The van der Waals surface area contributed by atoms with Crippen molar-refractivity contribution in [2.24, 2.45) is 10.9 Å². The first-order valence-electron chi connectivity index (χ1n) is 9.34. The maximum Gasteiger partial charge on any atom is 0.193 e. The number of hydrogen-bond acceptors (Lipinski definition) is 5. The number of aromatic nitrogens is 1. The van der Waals surface area contributed by atoms with Gasteiger partial charge in [0.1, 0.15) is 0 Å². The lowest BCUT2D eigenvalue weighted by Crippen LogP contribution is -2.39. The van der Waals surface area contributed by atoms with E-state index in [-0.39, 0.29) is 0 Å². The normalized spacial score (nSPS) is 17.4. The van der Waals surface area contributed by atoms with Crippen LogP contribution in [0.15, 0.2) is 40.7 Å². The monoisotopic (exact) mass is 387 g/mol. The summed E-state index contributed by atoms with van der Waals surface area (Å²) in [6, 6.07) is 10.3. The number of likely N-dealkylation sites (tertiary alicyclic amines) is 1. The lowest BCUT2D eigenvalue weighted by atomic mass is 10.1. The number of benzene rings is 1. The summed E-state index contributed by atoms with van der Waals surface area (Å²) in [5.74, 6) is 1.49. The topological polar surface area (TPSA) is 53.0 Å². The molecule has 7 heteroatoms. The van der Waals surface area contributed by atoms with Crippen LogP contribution in [-0.2, 0) is 17.9 Å². The second-order valence-corrected chi connectivity index (χ2v) is 7.85. The molecule has 1 aromatic heterocycles. The molecule has 2 aromatic rings. The van der Waals surface area contributed by atoms with Gasteiger partial charge in [-0.1, -0.05) is 30.3 Å². The smallest absolute Gasteiger partial charge is 0.193 e. The Hall–Kier alpha value is -2.12. The van der Waals surface area contributed by atoms with Gasteiger partial charge in [0, 0.05) is 45.5 Å². The molecule has 6 nitrogen and oxygen atoms in total. The molecule has 3 rings (SSSR count). The molecule has 0 radical (unpaired) electrons. The fraction of sp³-hybridized carbons (Fsp3) is 0.500. The number of hydrogen-bond donors (Lipinski definition) is 1. The van der Waals surface area contributed by atoms with Crippen molar-refractivity contribution in [2.75, 3.05) is 45.7 Å². The van der Waals surface area contributed by atoms with E-state index in [0.717, 1.165) is 42.9 Å². The first-order chi connectivity index (χ1) is 13.2. The molecule has 1 aromatic carbocycles. The predicted molar refractivity (Wildman–Crippen MR) is 112 cm³/mol. The fourth-order valence-corrected chi connectivity index (χ4v) is 3.92. The number of guanidine groups is 1. The van der Waals surface area contributed by atoms with Crippen molar-refractivity contribution in [1.29, 1.82) is 0 Å². The Morgan fingerprint density at radius 3 is 2.89 bits per heavy atom. The van der Waals surface area contributed by atoms with E-state index in [0.29, 0.717) is 19.1 Å². The third-order valence-corrected chi connectivity index (χ3v) is 5.67. The van der Waals surface area contributed by atoms with Crippen molar-refractivity contribution in [3.8, 4) is 0 Å². The lowest BCUT2D eigenvalue weighted by molar-refractivity contribution is 0.0906. The van der Waals surface area contributed by atoms with Gasteiger partial charge in [0.05, 0.1) is 25.5 Å². The second kappa shape index (κ2) is 9.71. The first kappa shape index (κ1) is 19.6. The molecule has 0 spiro atoms. The summed E-state index contributed by atoms with van der Waals surface area (Å²) < 4.78 is 5.92. The summed E-state index contributed by atoms with van der Waals surface area (Å²) in [6.45, 7) is 4.17. The quantitative estimate of drug-likeness (QED) is 0.585. The van der Waals surface area contributed by atoms with Gasteiger partial charge < -0.3 is 19.9 Å². The standard InChI is InChI=1S/C20H29N5OS/c1-21-19(22-11-18-15-27-20(23-18)24(2)3)25-10-9-17(12-25)14-26-13-16-7-5-4-6-8-16/h4-8,15,17H,9-14H2,1-3H3,(H,21,22). The number of rotatable bonds is 7. The minimum Gasteiger partial charge on any atom is -0.376 e. The molecule has 146 valence electrons. The van der Waals surface area contributed by atoms with Gasteiger partial charge >= 0.3 is 0 Å². The Kier molecular flexibility index (Phi) is 7.06. The van der Waals surface area contributed by atoms with Gasteiger partial charge in [-0.15, -0.1) is 11.3 Å². The van der Waals surface area contributed by atoms with Crippen LogP contribution in [0, 0.1) is 5.92 Å². The van der Waals surface area contributed by atoms with Crippen molar-refractivity contribution in [3.63, 3.8) is 0 Å². The first-order valence-corrected chi connectivity index (χ1v) is 10.2. The van der Waals surface area contributed by atoms with Crippen molar-refractivity contribution < 1.29 is 4.74 Å². The van der Waals surface area contributed by atoms with Crippen molar-refractivity contribution in [2.45, 2.75) is 19.6 Å². The largest absolute Gasteiger partial charge is 0.376 e. The minimum absolute atomic E-state index is 0.548. The Morgan fingerprint density at radius 1 is 1.37 bits per heavy atom. The Morgan fingerprint density at radius 2 is 2.19 bits per heavy atom. The average molecular weight is 388 g/mol. The van der Waals surface area contributed by atoms with Gasteiger partial charge in [-0.25, -0.2) is 4.98 Å². The van der Waals surface area contributed by atoms with Gasteiger partial charge in [0.15, 0.2) is 11.1 Å². The number of nitrogens with one attached hydrogen (secondary N) is 1. The third-order valence-electron chi connectivity index (χ3n) is 4.61. The van der Waals surface area contributed by atoms with Crippen molar-refractivity contribution in [1.82, 2.24) is 15.2 Å². The molecule has 1 atom stereocenters. The second-order valence-electron chi connectivity index (χ2n) is 7.02. The van der Waals surface area contributed by atoms with Crippen LogP contribution in [0.3, 0.4) is 0 Å². The molecule has 27 heavy (non-hydrogen) atoms. The highest BCUT2D eigenvalue weighted by atomic mass is 32.1. The van der Waals surface area contributed by atoms with Gasteiger partial charge in [-0.05, 0) is 12.0 Å². The molecular weight excluding hydrogens is 358 g/mol. The lowest BCUT2D eigenvalue weighted by Gasteiger charge is -2.21. The van der Waals surface area contributed by atoms with Crippen LogP contribution in [0.5, 0.6) is 0 Å². The van der Waals surface area contributed by atoms with Crippen LogP contribution in [0.1, 0.15) is 17.7 Å². The maximum absolute atomic E-state index is 5.92. The van der Waals surface area contributed by atoms with Gasteiger partial charge in [0.2, 0.25) is 0 Å². The zero-order valence-electron chi connectivity index (χ0n) is 16.4. The molecule has 1 aliphatic rings. The summed E-state index contributed by atoms with van der Waals surface area (Å²) in [4.78, 5) is 13.4. The van der Waals surface area contributed by atoms with Gasteiger partial charge in [0.25, 0.3) is 0 Å². The summed E-state index contributed by atoms with van der Waals surface area (Å²) >= 11 is 1.66. The van der Waals surface area contributed by atoms with Crippen LogP contribution in [-0.4, -0.2) is 56.7 Å². The van der Waals surface area contributed by atoms with E-state index in [9.17, 15) is 0 Å². The molecular formula is C20H29N5OS. The fourth-order valence-electron chi connectivity index (χ4n) is 3.16. The van der Waals surface area contributed by atoms with E-state index in [1.807, 2.05) is 32.1 Å². The Bertz CT molecular complexity index is 731. The number of ether oxygens (including phenoxy) is 1. The SMILES string of the molecule is CN=C(NCc1csc(N(C)C)n1)N1CCC(COCc2ccccc2)C1. The number of nitrogens with zero attached hydrogens (tertiary/aromatic N) is 4. The van der Waals surface area contributed by atoms with E-state index in [2.05, 4.69) is 49.8 Å². The van der Waals surface area contributed by atoms with E-state index in [4.69, 9.17) is 4.74 Å². The molecule has 1 unspecified atom stereocenters. The minimum atomic E-state index is 0.548. The van der Waals surface area contributed by atoms with E-state index in [1.165, 1.54) is 5.56 Å². The van der Waals surface area contributed by atoms with Gasteiger partial charge in [-0.2, -0.15) is 0 Å². The zero-order valence-corrected chi connectivity index (χ0v) is 17.2. The van der Waals surface area contributed by atoms with Crippen molar-refractivity contribution in [3.05, 3.63) is 47.0 Å². The number of anilines is 1. The highest BCUT2D eigenvalue weighted by Gasteiger charge is 2.25.